The first-order valence-electron chi connectivity index (χ1n) is 5.35. The molecule has 3 rings (SSSR count). The van der Waals surface area contributed by atoms with Gasteiger partial charge in [0.05, 0.1) is 0 Å². The van der Waals surface area contributed by atoms with Gasteiger partial charge in [-0.3, -0.25) is 0 Å². The van der Waals surface area contributed by atoms with E-state index >= 15 is 0 Å². The van der Waals surface area contributed by atoms with Crippen molar-refractivity contribution in [3.05, 3.63) is 48.7 Å². The highest BCUT2D eigenvalue weighted by atomic mass is 16.4. The molecule has 5 nitrogen and oxygen atoms in total. The molecule has 0 saturated heterocycles. The zero-order chi connectivity index (χ0) is 12.5. The van der Waals surface area contributed by atoms with Gasteiger partial charge in [0, 0.05) is 28.9 Å². The number of hydrogen-bond acceptors (Lipinski definition) is 3. The predicted octanol–water partition coefficient (Wildman–Crippen LogP) is 2.32. The van der Waals surface area contributed by atoms with Gasteiger partial charge in [-0.15, -0.1) is 0 Å². The molecule has 5 heteroatoms. The molecular weight excluding hydrogens is 230 g/mol. The number of benzene rings is 1. The normalized spacial score (nSPS) is 10.7. The third-order valence-corrected chi connectivity index (χ3v) is 2.75. The zero-order valence-corrected chi connectivity index (χ0v) is 9.29. The van der Waals surface area contributed by atoms with Crippen molar-refractivity contribution in [2.75, 3.05) is 0 Å². The second-order valence-corrected chi connectivity index (χ2v) is 3.92. The van der Waals surface area contributed by atoms with Crippen molar-refractivity contribution in [1.29, 1.82) is 0 Å². The first kappa shape index (κ1) is 10.5. The summed E-state index contributed by atoms with van der Waals surface area (Å²) in [5.41, 5.74) is 2.81. The number of aromatic carboxylic acids is 1. The Bertz CT molecular complexity index is 719. The highest BCUT2D eigenvalue weighted by Crippen LogP contribution is 2.23. The summed E-state index contributed by atoms with van der Waals surface area (Å²) < 4.78 is 0. The number of fused-ring (bicyclic) bond motifs is 1. The minimum absolute atomic E-state index is 0.187. The average molecular weight is 239 g/mol. The molecule has 0 unspecified atom stereocenters. The molecule has 3 aromatic rings. The second kappa shape index (κ2) is 3.96. The van der Waals surface area contributed by atoms with Gasteiger partial charge in [-0.1, -0.05) is 12.1 Å². The third-order valence-electron chi connectivity index (χ3n) is 2.75. The SMILES string of the molecule is O=C(O)c1cc2ccc(-c3cncnc3)cc2[nH]1. The molecule has 0 amide bonds. The topological polar surface area (TPSA) is 78.9 Å². The van der Waals surface area contributed by atoms with Crippen molar-refractivity contribution >= 4 is 16.9 Å². The summed E-state index contributed by atoms with van der Waals surface area (Å²) in [5.74, 6) is -0.962. The minimum Gasteiger partial charge on any atom is -0.477 e. The van der Waals surface area contributed by atoms with Crippen molar-refractivity contribution < 1.29 is 9.90 Å². The van der Waals surface area contributed by atoms with Gasteiger partial charge < -0.3 is 10.1 Å². The van der Waals surface area contributed by atoms with E-state index in [9.17, 15) is 4.79 Å². The maximum absolute atomic E-state index is 10.9. The molecule has 0 radical (unpaired) electrons. The number of nitrogens with one attached hydrogen (secondary N) is 1. The van der Waals surface area contributed by atoms with Crippen LogP contribution in [-0.4, -0.2) is 26.0 Å². The van der Waals surface area contributed by atoms with Gasteiger partial charge in [-0.25, -0.2) is 14.8 Å². The summed E-state index contributed by atoms with van der Waals surface area (Å²) in [6.07, 6.45) is 4.91. The molecule has 0 atom stereocenters. The number of aromatic nitrogens is 3. The lowest BCUT2D eigenvalue weighted by Gasteiger charge is -1.99. The van der Waals surface area contributed by atoms with Gasteiger partial charge in [0.1, 0.15) is 12.0 Å². The summed E-state index contributed by atoms with van der Waals surface area (Å²) in [6.45, 7) is 0. The van der Waals surface area contributed by atoms with Gasteiger partial charge in [-0.05, 0) is 17.7 Å². The number of carboxylic acids is 1. The molecule has 0 bridgehead atoms. The summed E-state index contributed by atoms with van der Waals surface area (Å²) in [5, 5.41) is 9.79. The fourth-order valence-corrected chi connectivity index (χ4v) is 1.87. The third kappa shape index (κ3) is 1.71. The number of carbonyl (C=O) groups is 1. The number of aromatic amines is 1. The maximum atomic E-state index is 10.9. The molecular formula is C13H9N3O2. The Morgan fingerprint density at radius 2 is 1.89 bits per heavy atom. The van der Waals surface area contributed by atoms with Crippen molar-refractivity contribution in [1.82, 2.24) is 15.0 Å². The van der Waals surface area contributed by atoms with Crippen LogP contribution in [0.3, 0.4) is 0 Å². The van der Waals surface area contributed by atoms with E-state index in [4.69, 9.17) is 5.11 Å². The van der Waals surface area contributed by atoms with Crippen molar-refractivity contribution in [2.24, 2.45) is 0 Å². The smallest absolute Gasteiger partial charge is 0.352 e. The van der Waals surface area contributed by atoms with Gasteiger partial charge in [0.15, 0.2) is 0 Å². The lowest BCUT2D eigenvalue weighted by molar-refractivity contribution is 0.0691. The molecule has 2 N–H and O–H groups in total. The standard InChI is InChI=1S/C13H9N3O2/c17-13(18)12-4-9-2-1-8(3-11(9)16-12)10-5-14-7-15-6-10/h1-7,16H,(H,17,18). The quantitative estimate of drug-likeness (QED) is 0.719. The number of hydrogen-bond donors (Lipinski definition) is 2. The Labute approximate surface area is 102 Å². The minimum atomic E-state index is -0.962. The zero-order valence-electron chi connectivity index (χ0n) is 9.29. The van der Waals surface area contributed by atoms with E-state index in [0.717, 1.165) is 22.0 Å². The fraction of sp³-hybridized carbons (Fsp3) is 0. The monoisotopic (exact) mass is 239 g/mol. The van der Waals surface area contributed by atoms with Crippen LogP contribution in [0.4, 0.5) is 0 Å². The summed E-state index contributed by atoms with van der Waals surface area (Å²) in [7, 11) is 0. The van der Waals surface area contributed by atoms with Crippen molar-refractivity contribution in [3.8, 4) is 11.1 Å². The average Bonchev–Trinajstić information content (AvgIpc) is 2.82. The van der Waals surface area contributed by atoms with Crippen LogP contribution in [-0.2, 0) is 0 Å². The van der Waals surface area contributed by atoms with Crippen molar-refractivity contribution in [2.45, 2.75) is 0 Å². The van der Waals surface area contributed by atoms with E-state index in [1.165, 1.54) is 6.33 Å². The number of carboxylic acid groups (broad SMARTS) is 1. The maximum Gasteiger partial charge on any atom is 0.352 e. The summed E-state index contributed by atoms with van der Waals surface area (Å²) >= 11 is 0. The van der Waals surface area contributed by atoms with Crippen LogP contribution in [0.5, 0.6) is 0 Å². The number of rotatable bonds is 2. The highest BCUT2D eigenvalue weighted by molar-refractivity contribution is 5.95. The largest absolute Gasteiger partial charge is 0.477 e. The Balaban J connectivity index is 2.14. The molecule has 1 aromatic carbocycles. The predicted molar refractivity (Wildman–Crippen MR) is 66.3 cm³/mol. The van der Waals surface area contributed by atoms with Crippen LogP contribution in [0.1, 0.15) is 10.5 Å². The van der Waals surface area contributed by atoms with Crippen LogP contribution in [0.2, 0.25) is 0 Å². The molecule has 0 aliphatic heterocycles. The van der Waals surface area contributed by atoms with Crippen LogP contribution in [0, 0.1) is 0 Å². The Kier molecular flexibility index (Phi) is 2.30. The van der Waals surface area contributed by atoms with Crippen LogP contribution < -0.4 is 0 Å². The van der Waals surface area contributed by atoms with Crippen molar-refractivity contribution in [3.63, 3.8) is 0 Å². The molecule has 0 spiro atoms. The van der Waals surface area contributed by atoms with E-state index in [0.29, 0.717) is 0 Å². The van der Waals surface area contributed by atoms with Gasteiger partial charge >= 0.3 is 5.97 Å². The van der Waals surface area contributed by atoms with Gasteiger partial charge in [0.2, 0.25) is 0 Å². The first-order valence-corrected chi connectivity index (χ1v) is 5.35. The Morgan fingerprint density at radius 1 is 1.11 bits per heavy atom. The molecule has 88 valence electrons. The van der Waals surface area contributed by atoms with Crippen LogP contribution >= 0.6 is 0 Å². The molecule has 2 aromatic heterocycles. The molecule has 0 aliphatic carbocycles. The molecule has 0 aliphatic rings. The van der Waals surface area contributed by atoms with Gasteiger partial charge in [-0.2, -0.15) is 0 Å². The molecule has 0 saturated carbocycles. The highest BCUT2D eigenvalue weighted by Gasteiger charge is 2.08. The Morgan fingerprint density at radius 3 is 2.61 bits per heavy atom. The van der Waals surface area contributed by atoms with Crippen LogP contribution in [0.15, 0.2) is 43.0 Å². The number of H-pyrrole nitrogens is 1. The van der Waals surface area contributed by atoms with Gasteiger partial charge in [0.25, 0.3) is 0 Å². The fourth-order valence-electron chi connectivity index (χ4n) is 1.87. The second-order valence-electron chi connectivity index (χ2n) is 3.92. The van der Waals surface area contributed by atoms with Crippen LogP contribution in [0.25, 0.3) is 22.0 Å². The summed E-state index contributed by atoms with van der Waals surface area (Å²) in [4.78, 5) is 21.7. The summed E-state index contributed by atoms with van der Waals surface area (Å²) in [6, 6.07) is 7.30. The number of nitrogens with zero attached hydrogens (tertiary/aromatic N) is 2. The molecule has 0 fully saturated rings. The molecule has 2 heterocycles. The van der Waals surface area contributed by atoms with E-state index < -0.39 is 5.97 Å². The molecule has 18 heavy (non-hydrogen) atoms. The lowest BCUT2D eigenvalue weighted by atomic mass is 10.1. The van der Waals surface area contributed by atoms with E-state index in [-0.39, 0.29) is 5.69 Å². The van der Waals surface area contributed by atoms with E-state index in [1.807, 2.05) is 18.2 Å². The van der Waals surface area contributed by atoms with E-state index in [2.05, 4.69) is 15.0 Å². The first-order chi connectivity index (χ1) is 8.74. The lowest BCUT2D eigenvalue weighted by Crippen LogP contribution is -1.94. The van der Waals surface area contributed by atoms with E-state index in [1.54, 1.807) is 18.5 Å². The Hall–Kier alpha value is -2.69.